The van der Waals surface area contributed by atoms with E-state index in [2.05, 4.69) is 6.58 Å². The molecule has 10 N–H and O–H groups in total. The largest absolute Gasteiger partial charge is 0.471 e. The predicted molar refractivity (Wildman–Crippen MR) is 146 cm³/mol. The molecule has 0 saturated carbocycles. The molecule has 0 aromatic heterocycles. The summed E-state index contributed by atoms with van der Waals surface area (Å²) in [6.45, 7) is 1.82. The molecule has 47 heavy (non-hydrogen) atoms. The van der Waals surface area contributed by atoms with Crippen LogP contribution in [0.1, 0.15) is 0 Å². The lowest BCUT2D eigenvalue weighted by molar-refractivity contribution is -0.353. The van der Waals surface area contributed by atoms with Crippen LogP contribution in [0, 0.1) is 5.92 Å². The Morgan fingerprint density at radius 1 is 0.702 bits per heavy atom. The number of fused-ring (bicyclic) bond motifs is 1. The summed E-state index contributed by atoms with van der Waals surface area (Å²) in [4.78, 5) is 12.1. The third kappa shape index (κ3) is 7.26. The highest BCUT2D eigenvalue weighted by Crippen LogP contribution is 2.36. The SMILES string of the molecule is C=C[C@@H]1C2=CCOC(=O)C2=CO[C@H]1O[C@@H]1O[C@H](CO[C@H]2O[C@H](CO[C@@H]3O[C@H](CO)[C@@H](O)[C@H](O)[C@H]3O)[C@@H](O)[C@H](O)[C@H]2O)[C@@H](O)[C@H](O)[C@H]1O. The molecule has 5 aliphatic heterocycles. The monoisotopic (exact) mass is 680 g/mol. The normalized spacial score (nSPS) is 47.2. The van der Waals surface area contributed by atoms with Crippen LogP contribution >= 0.6 is 0 Å². The third-order valence-electron chi connectivity index (χ3n) is 8.58. The van der Waals surface area contributed by atoms with Crippen LogP contribution in [0.15, 0.2) is 36.1 Å². The quantitative estimate of drug-likeness (QED) is 0.0759. The maximum absolute atomic E-state index is 12.1. The van der Waals surface area contributed by atoms with E-state index in [0.717, 1.165) is 6.26 Å². The molecule has 5 heterocycles. The van der Waals surface area contributed by atoms with Crippen molar-refractivity contribution in [2.75, 3.05) is 26.4 Å². The first-order chi connectivity index (χ1) is 22.4. The summed E-state index contributed by atoms with van der Waals surface area (Å²) in [5.41, 5.74) is 0.663. The van der Waals surface area contributed by atoms with Crippen LogP contribution in [-0.2, 0) is 42.7 Å². The lowest BCUT2D eigenvalue weighted by atomic mass is 9.89. The van der Waals surface area contributed by atoms with E-state index < -0.39 is 130 Å². The van der Waals surface area contributed by atoms with Crippen molar-refractivity contribution in [3.8, 4) is 0 Å². The van der Waals surface area contributed by atoms with Crippen molar-refractivity contribution < 1.29 is 93.8 Å². The minimum atomic E-state index is -1.85. The summed E-state index contributed by atoms with van der Waals surface area (Å²) < 4.78 is 43.7. The van der Waals surface area contributed by atoms with Crippen molar-refractivity contribution in [3.63, 3.8) is 0 Å². The second kappa shape index (κ2) is 15.2. The van der Waals surface area contributed by atoms with Crippen molar-refractivity contribution in [1.82, 2.24) is 0 Å². The van der Waals surface area contributed by atoms with Gasteiger partial charge in [-0.25, -0.2) is 4.79 Å². The number of cyclic esters (lactones) is 1. The Bertz CT molecular complexity index is 1160. The van der Waals surface area contributed by atoms with Crippen LogP contribution in [0.4, 0.5) is 0 Å². The summed E-state index contributed by atoms with van der Waals surface area (Å²) >= 11 is 0. The molecular weight excluding hydrogens is 640 g/mol. The van der Waals surface area contributed by atoms with Crippen molar-refractivity contribution in [1.29, 1.82) is 0 Å². The molecule has 0 amide bonds. The Hall–Kier alpha value is -2.15. The van der Waals surface area contributed by atoms with E-state index in [-0.39, 0.29) is 12.2 Å². The van der Waals surface area contributed by atoms with Crippen LogP contribution < -0.4 is 0 Å². The number of ether oxygens (including phenoxy) is 8. The minimum absolute atomic E-state index is 0.0109. The number of hydrogen-bond donors (Lipinski definition) is 10. The van der Waals surface area contributed by atoms with Crippen LogP contribution in [0.3, 0.4) is 0 Å². The van der Waals surface area contributed by atoms with Gasteiger partial charge in [0.05, 0.1) is 31.3 Å². The molecule has 0 unspecified atom stereocenters. The van der Waals surface area contributed by atoms with Gasteiger partial charge in [0.2, 0.25) is 6.29 Å². The lowest BCUT2D eigenvalue weighted by Gasteiger charge is -2.44. The number of aliphatic hydroxyl groups excluding tert-OH is 10. The fourth-order valence-electron chi connectivity index (χ4n) is 5.74. The van der Waals surface area contributed by atoms with Gasteiger partial charge in [0.25, 0.3) is 0 Å². The van der Waals surface area contributed by atoms with Gasteiger partial charge >= 0.3 is 5.97 Å². The summed E-state index contributed by atoms with van der Waals surface area (Å²) in [5, 5.41) is 103. The molecule has 0 aliphatic carbocycles. The topological polar surface area (TPSA) is 293 Å². The van der Waals surface area contributed by atoms with Gasteiger partial charge in [-0.05, 0) is 11.6 Å². The second-order valence-corrected chi connectivity index (χ2v) is 11.6. The van der Waals surface area contributed by atoms with E-state index in [0.29, 0.717) is 5.57 Å². The standard InChI is InChI=1S/C28H40O19/c1-2-9-10-3-4-40-24(39)11(10)6-41-25(9)47-28-23(38)20(35)17(32)14(46-28)8-43-27-22(37)19(34)16(31)13(45-27)7-42-26-21(36)18(33)15(30)12(5-29)44-26/h2-3,6,9,12-23,25-38H,1,4-5,7-8H2/t9-,12-,13-,14-,15-,16-,17-,18+,19+,20+,21-,22-,23-,25+,26-,27+,28+/m1/s1. The average Bonchev–Trinajstić information content (AvgIpc) is 3.06. The summed E-state index contributed by atoms with van der Waals surface area (Å²) in [6.07, 6.45) is -21.8. The van der Waals surface area contributed by atoms with Crippen molar-refractivity contribution in [2.24, 2.45) is 5.92 Å². The zero-order chi connectivity index (χ0) is 34.2. The Balaban J connectivity index is 1.20. The predicted octanol–water partition coefficient (Wildman–Crippen LogP) is -6.02. The van der Waals surface area contributed by atoms with Gasteiger partial charge in [0.15, 0.2) is 18.9 Å². The summed E-state index contributed by atoms with van der Waals surface area (Å²) in [6, 6.07) is 0. The zero-order valence-electron chi connectivity index (χ0n) is 24.7. The Labute approximate surface area is 267 Å². The molecule has 0 spiro atoms. The van der Waals surface area contributed by atoms with E-state index in [1.165, 1.54) is 6.08 Å². The first-order valence-corrected chi connectivity index (χ1v) is 14.8. The van der Waals surface area contributed by atoms with Gasteiger partial charge in [-0.1, -0.05) is 6.08 Å². The first kappa shape index (κ1) is 36.1. The van der Waals surface area contributed by atoms with E-state index in [4.69, 9.17) is 37.9 Å². The van der Waals surface area contributed by atoms with Gasteiger partial charge in [0, 0.05) is 0 Å². The third-order valence-corrected chi connectivity index (χ3v) is 8.58. The molecule has 3 saturated heterocycles. The number of carbonyl (C=O) groups is 1. The fraction of sp³-hybridized carbons (Fsp3) is 0.750. The summed E-state index contributed by atoms with van der Waals surface area (Å²) in [7, 11) is 0. The maximum Gasteiger partial charge on any atom is 0.341 e. The smallest absolute Gasteiger partial charge is 0.341 e. The van der Waals surface area contributed by atoms with Gasteiger partial charge in [0.1, 0.15) is 86.1 Å². The molecule has 17 atom stereocenters. The number of hydrogen-bond acceptors (Lipinski definition) is 19. The molecule has 19 nitrogen and oxygen atoms in total. The molecule has 0 aromatic rings. The second-order valence-electron chi connectivity index (χ2n) is 11.6. The van der Waals surface area contributed by atoms with Crippen molar-refractivity contribution in [2.45, 2.75) is 98.4 Å². The Morgan fingerprint density at radius 2 is 1.19 bits per heavy atom. The van der Waals surface area contributed by atoms with Crippen LogP contribution in [-0.4, -0.2) is 182 Å². The summed E-state index contributed by atoms with van der Waals surface area (Å²) in [5.74, 6) is -1.32. The van der Waals surface area contributed by atoms with Gasteiger partial charge in [-0.2, -0.15) is 0 Å². The molecule has 0 radical (unpaired) electrons. The van der Waals surface area contributed by atoms with E-state index in [1.54, 1.807) is 6.08 Å². The maximum atomic E-state index is 12.1. The molecule has 19 heteroatoms. The van der Waals surface area contributed by atoms with Gasteiger partial charge in [-0.15, -0.1) is 6.58 Å². The van der Waals surface area contributed by atoms with Gasteiger partial charge < -0.3 is 89.0 Å². The molecule has 5 rings (SSSR count). The molecule has 0 bridgehead atoms. The van der Waals surface area contributed by atoms with Crippen molar-refractivity contribution in [3.05, 3.63) is 36.1 Å². The van der Waals surface area contributed by atoms with E-state index in [9.17, 15) is 55.9 Å². The number of esters is 1. The number of carbonyl (C=O) groups excluding carboxylic acids is 1. The van der Waals surface area contributed by atoms with Gasteiger partial charge in [-0.3, -0.25) is 0 Å². The van der Waals surface area contributed by atoms with Crippen molar-refractivity contribution >= 4 is 5.97 Å². The van der Waals surface area contributed by atoms with Crippen LogP contribution in [0.2, 0.25) is 0 Å². The number of rotatable bonds is 10. The molecular formula is C28H40O19. The highest BCUT2D eigenvalue weighted by Gasteiger charge is 2.50. The molecule has 266 valence electrons. The lowest BCUT2D eigenvalue weighted by Crippen LogP contribution is -2.63. The average molecular weight is 681 g/mol. The highest BCUT2D eigenvalue weighted by atomic mass is 16.8. The fourth-order valence-corrected chi connectivity index (χ4v) is 5.74. The zero-order valence-corrected chi connectivity index (χ0v) is 24.7. The Morgan fingerprint density at radius 3 is 1.72 bits per heavy atom. The Kier molecular flexibility index (Phi) is 11.7. The molecule has 5 aliphatic rings. The molecule has 0 aromatic carbocycles. The first-order valence-electron chi connectivity index (χ1n) is 14.8. The van der Waals surface area contributed by atoms with E-state index in [1.807, 2.05) is 0 Å². The highest BCUT2D eigenvalue weighted by molar-refractivity contribution is 5.94. The molecule has 3 fully saturated rings. The minimum Gasteiger partial charge on any atom is -0.471 e. The number of aliphatic hydroxyl groups is 10. The van der Waals surface area contributed by atoms with Crippen LogP contribution in [0.25, 0.3) is 0 Å². The van der Waals surface area contributed by atoms with E-state index >= 15 is 0 Å². The van der Waals surface area contributed by atoms with Crippen LogP contribution in [0.5, 0.6) is 0 Å².